The molecule has 0 saturated carbocycles. The maximum absolute atomic E-state index is 11.7. The molecule has 0 aliphatic rings. The van der Waals surface area contributed by atoms with E-state index in [0.717, 1.165) is 89.8 Å². The van der Waals surface area contributed by atoms with Crippen LogP contribution in [0.25, 0.3) is 48.5 Å². The third-order valence-corrected chi connectivity index (χ3v) is 14.6. The number of hydrogen-bond acceptors (Lipinski definition) is 19. The lowest BCUT2D eigenvalue weighted by molar-refractivity contribution is -0.140. The van der Waals surface area contributed by atoms with E-state index in [1.807, 2.05) is 176 Å². The van der Waals surface area contributed by atoms with Gasteiger partial charge in [-0.2, -0.15) is 0 Å². The van der Waals surface area contributed by atoms with Crippen LogP contribution in [-0.4, -0.2) is 81.7 Å². The molecule has 104 heavy (non-hydrogen) atoms. The minimum Gasteiger partial charge on any atom is -0.497 e. The molecule has 0 spiro atoms. The summed E-state index contributed by atoms with van der Waals surface area (Å²) in [5.74, 6) is 6.83. The van der Waals surface area contributed by atoms with Gasteiger partial charge in [0.1, 0.15) is 88.4 Å². The number of ether oxygens (including phenoxy) is 10. The molecule has 0 saturated heterocycles. The molecule has 0 fully saturated rings. The first kappa shape index (κ1) is 80.1. The molecule has 22 nitrogen and oxygen atoms in total. The van der Waals surface area contributed by atoms with Crippen LogP contribution >= 0.6 is 24.0 Å². The molecule has 10 N–H and O–H groups in total. The summed E-state index contributed by atoms with van der Waals surface area (Å²) in [5, 5.41) is 3.70. The Morgan fingerprint density at radius 3 is 1.26 bits per heavy atom. The molecule has 13 rings (SSSR count). The van der Waals surface area contributed by atoms with E-state index in [1.165, 1.54) is 12.1 Å². The summed E-state index contributed by atoms with van der Waals surface area (Å²) in [6, 6.07) is 72.8. The minimum absolute atomic E-state index is 0. The first-order valence-corrected chi connectivity index (χ1v) is 32.2. The highest BCUT2D eigenvalue weighted by Crippen LogP contribution is 2.33. The highest BCUT2D eigenvalue weighted by Gasteiger charge is 2.12. The van der Waals surface area contributed by atoms with Crippen LogP contribution in [0, 0.1) is 6.57 Å². The van der Waals surface area contributed by atoms with Gasteiger partial charge in [-0.05, 0) is 96.4 Å². The molecule has 0 amide bonds. The van der Waals surface area contributed by atoms with Crippen molar-refractivity contribution in [2.24, 2.45) is 0 Å². The lowest BCUT2D eigenvalue weighted by atomic mass is 10.2. The maximum Gasteiger partial charge on any atom is 0.387 e. The second kappa shape index (κ2) is 42.3. The number of H-pyrrole nitrogens is 2. The van der Waals surface area contributed by atoms with Crippen molar-refractivity contribution in [3.05, 3.63) is 290 Å². The number of aromatic nitrogens is 4. The van der Waals surface area contributed by atoms with Crippen molar-refractivity contribution in [2.75, 3.05) is 78.7 Å². The number of pyridine rings is 4. The predicted molar refractivity (Wildman–Crippen MR) is 415 cm³/mol. The molecule has 4 heterocycles. The number of nitrogens with one attached hydrogen (secondary N) is 2. The van der Waals surface area contributed by atoms with Crippen molar-refractivity contribution >= 4 is 96.6 Å². The first-order chi connectivity index (χ1) is 49.9. The van der Waals surface area contributed by atoms with Crippen molar-refractivity contribution in [1.29, 1.82) is 0 Å². The number of carbonyl (C=O) groups is 1. The number of nitrogens with zero attached hydrogens (tertiary/aromatic N) is 3. The van der Waals surface area contributed by atoms with Crippen molar-refractivity contribution in [1.82, 2.24) is 19.9 Å². The van der Waals surface area contributed by atoms with Gasteiger partial charge in [0.25, 0.3) is 5.56 Å². The van der Waals surface area contributed by atoms with E-state index in [1.54, 1.807) is 98.1 Å². The number of benzene rings is 9. The molecule has 538 valence electrons. The minimum atomic E-state index is -0.442. The molecule has 0 bridgehead atoms. The summed E-state index contributed by atoms with van der Waals surface area (Å²) in [7, 11) is 9.66. The zero-order chi connectivity index (χ0) is 73.9. The van der Waals surface area contributed by atoms with Crippen LogP contribution in [0.2, 0.25) is 5.15 Å². The van der Waals surface area contributed by atoms with Crippen LogP contribution in [0.15, 0.2) is 246 Å². The van der Waals surface area contributed by atoms with Crippen molar-refractivity contribution in [3.8, 4) is 51.7 Å². The van der Waals surface area contributed by atoms with Crippen LogP contribution < -0.4 is 76.6 Å². The fourth-order valence-electron chi connectivity index (χ4n) is 9.43. The van der Waals surface area contributed by atoms with Gasteiger partial charge in [-0.3, -0.25) is 9.59 Å². The fraction of sp³-hybridized carbons (Fsp3) is 0.150. The van der Waals surface area contributed by atoms with Gasteiger partial charge in [0, 0.05) is 93.6 Å². The molecule has 0 atom stereocenters. The van der Waals surface area contributed by atoms with Crippen LogP contribution in [0.1, 0.15) is 23.6 Å². The van der Waals surface area contributed by atoms with Crippen molar-refractivity contribution < 1.29 is 52.2 Å². The Labute approximate surface area is 613 Å². The number of esters is 1. The number of methoxy groups -OCH3 is 6. The Kier molecular flexibility index (Phi) is 32.6. The lowest BCUT2D eigenvalue weighted by Gasteiger charge is -2.11. The smallest absolute Gasteiger partial charge is 0.387 e. The number of carbonyl (C=O) groups excluding carboxylic acids is 1. The Morgan fingerprint density at radius 1 is 0.442 bits per heavy atom. The standard InChI is InChI=1S/C17H14ClNO2.C17H16N2O2.C17H15NO3.C10H10N2O2.2C7H9NO.C5H7NO2.ClH/c2*1-20-13-7-8-14-15(9-13)19-17(18)10-16(14)21-11-12-5-3-2-4-6-12;1-20-13-7-8-14-15(9-13)18-17(19)10-16(14)21-11-12-5-3-2-4-6-12;1-14-6-2-3-7-8(4-6)12-10(11)5-9(7)13;2*1-9-7-4-2-3-6(8)5-7;1-3-8-5(7)4-6-2;/h2-10H,11H2,1H3;2-10H,11H2,1H3,(H2,18,19);2-10H,11H2,1H3,(H,18,19);2-5H,1H3,(H3,11,12,13);2*2-5H,8H2,1H3;3-4H2,1H3;1H. The van der Waals surface area contributed by atoms with Crippen LogP contribution in [0.3, 0.4) is 0 Å². The fourth-order valence-corrected chi connectivity index (χ4v) is 9.62. The van der Waals surface area contributed by atoms with E-state index in [9.17, 15) is 14.4 Å². The summed E-state index contributed by atoms with van der Waals surface area (Å²) in [6.07, 6.45) is 0. The summed E-state index contributed by atoms with van der Waals surface area (Å²) in [6.45, 7) is 9.54. The van der Waals surface area contributed by atoms with Crippen molar-refractivity contribution in [2.45, 2.75) is 26.7 Å². The molecule has 0 aliphatic carbocycles. The quantitative estimate of drug-likeness (QED) is 0.0214. The van der Waals surface area contributed by atoms with Gasteiger partial charge in [0.15, 0.2) is 5.43 Å². The number of aromatic amines is 2. The number of fused-ring (bicyclic) bond motifs is 4. The number of nitrogen functional groups attached to an aromatic ring is 4. The molecule has 0 radical (unpaired) electrons. The zero-order valence-electron chi connectivity index (χ0n) is 58.3. The summed E-state index contributed by atoms with van der Waals surface area (Å²) in [5.41, 5.74) is 29.6. The Bertz CT molecular complexity index is 4840. The van der Waals surface area contributed by atoms with E-state index < -0.39 is 5.97 Å². The molecule has 4 aromatic heterocycles. The first-order valence-electron chi connectivity index (χ1n) is 31.8. The van der Waals surface area contributed by atoms with Gasteiger partial charge in [-0.25, -0.2) is 21.3 Å². The largest absolute Gasteiger partial charge is 0.497 e. The number of hydrogen-bond donors (Lipinski definition) is 6. The Balaban J connectivity index is 0.000000196. The molecule has 0 aliphatic heterocycles. The molecule has 9 aromatic carbocycles. The zero-order valence-corrected chi connectivity index (χ0v) is 59.9. The average Bonchev–Trinajstić information content (AvgIpc) is 0.777. The van der Waals surface area contributed by atoms with Gasteiger partial charge >= 0.3 is 12.5 Å². The third kappa shape index (κ3) is 25.7. The lowest BCUT2D eigenvalue weighted by Crippen LogP contribution is -2.06. The van der Waals surface area contributed by atoms with Crippen LogP contribution in [0.5, 0.6) is 51.7 Å². The summed E-state index contributed by atoms with van der Waals surface area (Å²) in [4.78, 5) is 50.5. The topological polar surface area (TPSA) is 309 Å². The second-order valence-electron chi connectivity index (χ2n) is 21.7. The van der Waals surface area contributed by atoms with Gasteiger partial charge in [0.05, 0.1) is 71.3 Å². The molecule has 24 heteroatoms. The van der Waals surface area contributed by atoms with Crippen LogP contribution in [0.4, 0.5) is 23.0 Å². The van der Waals surface area contributed by atoms with E-state index in [-0.39, 0.29) is 29.9 Å². The average molecular weight is 1450 g/mol. The number of halogens is 2. The molecule has 13 aromatic rings. The van der Waals surface area contributed by atoms with Crippen LogP contribution in [-0.2, 0) is 29.4 Å². The Morgan fingerprint density at radius 2 is 0.837 bits per heavy atom. The Hall–Kier alpha value is -12.8. The SMILES string of the molecule is COc1ccc2c(=O)cc(N)[nH]c2c1.COc1ccc2c(OCc3ccccc3)cc(=O)[nH]c2c1.COc1ccc2c(OCc3ccccc3)cc(Cl)nc2c1.COc1ccc2c(OCc3ccccc3)cc(N)nc2c1.COc1cccc(N)c1.COc1cccc(N)c1.Cl.[C-]#[N+]CC(=O)OCC. The number of anilines is 4. The predicted octanol–water partition coefficient (Wildman–Crippen LogP) is 15.6. The van der Waals surface area contributed by atoms with E-state index in [2.05, 4.69) is 29.5 Å². The molecular weight excluding hydrogens is 1370 g/mol. The molecular formula is C80H81Cl2N9O13. The van der Waals surface area contributed by atoms with Crippen molar-refractivity contribution in [3.63, 3.8) is 0 Å². The van der Waals surface area contributed by atoms with Gasteiger partial charge in [-0.15, -0.1) is 12.4 Å². The van der Waals surface area contributed by atoms with E-state index >= 15 is 0 Å². The highest BCUT2D eigenvalue weighted by atomic mass is 35.5. The summed E-state index contributed by atoms with van der Waals surface area (Å²) >= 11 is 6.07. The maximum atomic E-state index is 11.7. The highest BCUT2D eigenvalue weighted by molar-refractivity contribution is 6.30. The van der Waals surface area contributed by atoms with Gasteiger partial charge in [-0.1, -0.05) is 115 Å². The third-order valence-electron chi connectivity index (χ3n) is 14.4. The monoisotopic (exact) mass is 1450 g/mol. The van der Waals surface area contributed by atoms with Gasteiger partial charge in [0.2, 0.25) is 0 Å². The summed E-state index contributed by atoms with van der Waals surface area (Å²) < 4.78 is 52.5. The number of rotatable bonds is 17. The number of nitrogens with two attached hydrogens (primary N) is 4. The van der Waals surface area contributed by atoms with E-state index in [4.69, 9.17) is 83.7 Å². The van der Waals surface area contributed by atoms with E-state index in [0.29, 0.717) is 76.9 Å². The second-order valence-corrected chi connectivity index (χ2v) is 22.0. The van der Waals surface area contributed by atoms with Gasteiger partial charge < -0.3 is 85.1 Å². The normalized spacial score (nSPS) is 9.91. The molecule has 0 unspecified atom stereocenters.